The molecule has 1 aliphatic heterocycles. The molecule has 4 N–H and O–H groups in total. The van der Waals surface area contributed by atoms with Gasteiger partial charge in [-0.15, -0.1) is 0 Å². The van der Waals surface area contributed by atoms with E-state index in [-0.39, 0.29) is 4.90 Å². The van der Waals surface area contributed by atoms with Crippen LogP contribution < -0.4 is 15.8 Å². The SMILES string of the molecule is CCN1CCCC1CN(C)c1cc(S(N)(=O)=O)ccc1N. The number of nitrogen functional groups attached to an aromatic ring is 1. The molecule has 0 amide bonds. The largest absolute Gasteiger partial charge is 0.397 e. The van der Waals surface area contributed by atoms with Crippen molar-refractivity contribution < 1.29 is 8.42 Å². The van der Waals surface area contributed by atoms with Crippen molar-refractivity contribution in [3.05, 3.63) is 18.2 Å². The fourth-order valence-electron chi connectivity index (χ4n) is 2.96. The van der Waals surface area contributed by atoms with E-state index in [4.69, 9.17) is 10.9 Å². The first-order valence-corrected chi connectivity index (χ1v) is 8.75. The minimum Gasteiger partial charge on any atom is -0.397 e. The summed E-state index contributed by atoms with van der Waals surface area (Å²) in [5.41, 5.74) is 7.26. The van der Waals surface area contributed by atoms with E-state index < -0.39 is 10.0 Å². The van der Waals surface area contributed by atoms with E-state index in [2.05, 4.69) is 11.8 Å². The van der Waals surface area contributed by atoms with Crippen molar-refractivity contribution in [2.24, 2.45) is 5.14 Å². The van der Waals surface area contributed by atoms with Gasteiger partial charge in [0.05, 0.1) is 16.3 Å². The van der Waals surface area contributed by atoms with Crippen molar-refractivity contribution in [2.75, 3.05) is 37.3 Å². The standard InChI is InChI=1S/C14H24N4O2S/c1-3-18-8-4-5-11(18)10-17(2)14-9-12(21(16,19)20)6-7-13(14)15/h6-7,9,11H,3-5,8,10,15H2,1-2H3,(H2,16,19,20). The third-order valence-corrected chi connectivity index (χ3v) is 5.04. The lowest BCUT2D eigenvalue weighted by atomic mass is 10.2. The van der Waals surface area contributed by atoms with Crippen LogP contribution in [-0.2, 0) is 10.0 Å². The van der Waals surface area contributed by atoms with E-state index in [1.807, 2.05) is 11.9 Å². The van der Waals surface area contributed by atoms with Crippen LogP contribution in [0.3, 0.4) is 0 Å². The number of hydrogen-bond donors (Lipinski definition) is 2. The maximum Gasteiger partial charge on any atom is 0.238 e. The topological polar surface area (TPSA) is 92.7 Å². The van der Waals surface area contributed by atoms with Crippen LogP contribution in [0.4, 0.5) is 11.4 Å². The smallest absolute Gasteiger partial charge is 0.238 e. The summed E-state index contributed by atoms with van der Waals surface area (Å²) < 4.78 is 22.9. The third-order valence-electron chi connectivity index (χ3n) is 4.13. The van der Waals surface area contributed by atoms with Gasteiger partial charge in [-0.05, 0) is 44.1 Å². The number of nitrogens with zero attached hydrogens (tertiary/aromatic N) is 2. The second-order valence-electron chi connectivity index (χ2n) is 5.57. The zero-order valence-corrected chi connectivity index (χ0v) is 13.4. The first-order chi connectivity index (χ1) is 9.82. The number of anilines is 2. The van der Waals surface area contributed by atoms with Gasteiger partial charge in [-0.1, -0.05) is 6.92 Å². The molecule has 2 rings (SSSR count). The van der Waals surface area contributed by atoms with Crippen molar-refractivity contribution >= 4 is 21.4 Å². The van der Waals surface area contributed by atoms with Crippen molar-refractivity contribution in [2.45, 2.75) is 30.7 Å². The van der Waals surface area contributed by atoms with Crippen molar-refractivity contribution in [3.63, 3.8) is 0 Å². The molecule has 1 heterocycles. The highest BCUT2D eigenvalue weighted by atomic mass is 32.2. The molecule has 0 spiro atoms. The van der Waals surface area contributed by atoms with Gasteiger partial charge in [0.2, 0.25) is 10.0 Å². The molecule has 1 aromatic carbocycles. The molecule has 1 fully saturated rings. The first-order valence-electron chi connectivity index (χ1n) is 7.20. The van der Waals surface area contributed by atoms with Gasteiger partial charge in [-0.25, -0.2) is 13.6 Å². The van der Waals surface area contributed by atoms with Crippen LogP contribution in [0.5, 0.6) is 0 Å². The maximum atomic E-state index is 11.5. The number of nitrogens with two attached hydrogens (primary N) is 2. The van der Waals surface area contributed by atoms with Crippen LogP contribution in [0.25, 0.3) is 0 Å². The van der Waals surface area contributed by atoms with E-state index in [0.29, 0.717) is 17.4 Å². The van der Waals surface area contributed by atoms with Crippen LogP contribution in [0, 0.1) is 0 Å². The molecule has 118 valence electrons. The lowest BCUT2D eigenvalue weighted by molar-refractivity contribution is 0.270. The molecule has 1 atom stereocenters. The van der Waals surface area contributed by atoms with Crippen molar-refractivity contribution in [1.29, 1.82) is 0 Å². The molecule has 7 heteroatoms. The number of hydrogen-bond acceptors (Lipinski definition) is 5. The number of likely N-dealkylation sites (tertiary alicyclic amines) is 1. The highest BCUT2D eigenvalue weighted by Gasteiger charge is 2.25. The van der Waals surface area contributed by atoms with E-state index in [1.165, 1.54) is 12.5 Å². The summed E-state index contributed by atoms with van der Waals surface area (Å²) in [5.74, 6) is 0. The Labute approximate surface area is 126 Å². The number of primary sulfonamides is 1. The number of likely N-dealkylation sites (N-methyl/N-ethyl adjacent to an activating group) is 2. The zero-order chi connectivity index (χ0) is 15.6. The molecule has 0 aromatic heterocycles. The van der Waals surface area contributed by atoms with Crippen LogP contribution in [0.1, 0.15) is 19.8 Å². The molecule has 0 bridgehead atoms. The Morgan fingerprint density at radius 2 is 2.14 bits per heavy atom. The minimum atomic E-state index is -3.71. The quantitative estimate of drug-likeness (QED) is 0.786. The lowest BCUT2D eigenvalue weighted by Gasteiger charge is -2.29. The highest BCUT2D eigenvalue weighted by molar-refractivity contribution is 7.89. The Balaban J connectivity index is 2.20. The molecular formula is C14H24N4O2S. The van der Waals surface area contributed by atoms with Gasteiger partial charge in [0.1, 0.15) is 0 Å². The van der Waals surface area contributed by atoms with E-state index >= 15 is 0 Å². The molecule has 21 heavy (non-hydrogen) atoms. The molecular weight excluding hydrogens is 288 g/mol. The average Bonchev–Trinajstić information content (AvgIpc) is 2.84. The maximum absolute atomic E-state index is 11.5. The second-order valence-corrected chi connectivity index (χ2v) is 7.13. The summed E-state index contributed by atoms with van der Waals surface area (Å²) in [7, 11) is -1.78. The first kappa shape index (κ1) is 16.1. The predicted molar refractivity (Wildman–Crippen MR) is 85.8 cm³/mol. The van der Waals surface area contributed by atoms with E-state index in [9.17, 15) is 8.42 Å². The van der Waals surface area contributed by atoms with Gasteiger partial charge in [-0.3, -0.25) is 4.90 Å². The van der Waals surface area contributed by atoms with Gasteiger partial charge in [0, 0.05) is 19.6 Å². The Morgan fingerprint density at radius 1 is 1.43 bits per heavy atom. The molecule has 1 unspecified atom stereocenters. The Hall–Kier alpha value is -1.31. The van der Waals surface area contributed by atoms with Crippen molar-refractivity contribution in [3.8, 4) is 0 Å². The predicted octanol–water partition coefficient (Wildman–Crippen LogP) is 0.837. The fraction of sp³-hybridized carbons (Fsp3) is 0.571. The van der Waals surface area contributed by atoms with Gasteiger partial charge in [0.15, 0.2) is 0 Å². The highest BCUT2D eigenvalue weighted by Crippen LogP contribution is 2.27. The summed E-state index contributed by atoms with van der Waals surface area (Å²) >= 11 is 0. The van der Waals surface area contributed by atoms with Crippen LogP contribution >= 0.6 is 0 Å². The number of rotatable bonds is 5. The zero-order valence-electron chi connectivity index (χ0n) is 12.6. The van der Waals surface area contributed by atoms with Gasteiger partial charge in [0.25, 0.3) is 0 Å². The third kappa shape index (κ3) is 3.66. The van der Waals surface area contributed by atoms with Crippen LogP contribution in [0.15, 0.2) is 23.1 Å². The van der Waals surface area contributed by atoms with Crippen LogP contribution in [0.2, 0.25) is 0 Å². The van der Waals surface area contributed by atoms with Gasteiger partial charge < -0.3 is 10.6 Å². The molecule has 0 aliphatic carbocycles. The number of sulfonamides is 1. The fourth-order valence-corrected chi connectivity index (χ4v) is 3.50. The molecule has 1 aromatic rings. The Kier molecular flexibility index (Phi) is 4.75. The summed E-state index contributed by atoms with van der Waals surface area (Å²) in [4.78, 5) is 4.55. The van der Waals surface area contributed by atoms with Gasteiger partial charge in [-0.2, -0.15) is 0 Å². The monoisotopic (exact) mass is 312 g/mol. The second kappa shape index (κ2) is 6.21. The van der Waals surface area contributed by atoms with E-state index in [0.717, 1.165) is 26.1 Å². The van der Waals surface area contributed by atoms with Crippen molar-refractivity contribution in [1.82, 2.24) is 4.90 Å². The molecule has 0 saturated carbocycles. The summed E-state index contributed by atoms with van der Waals surface area (Å²) in [6, 6.07) is 5.07. The van der Waals surface area contributed by atoms with Gasteiger partial charge >= 0.3 is 0 Å². The molecule has 0 radical (unpaired) electrons. The van der Waals surface area contributed by atoms with Crippen LogP contribution in [-0.4, -0.2) is 46.0 Å². The molecule has 1 saturated heterocycles. The number of benzene rings is 1. The Morgan fingerprint density at radius 3 is 2.76 bits per heavy atom. The summed E-state index contributed by atoms with van der Waals surface area (Å²) in [6.07, 6.45) is 2.37. The molecule has 1 aliphatic rings. The van der Waals surface area contributed by atoms with E-state index in [1.54, 1.807) is 12.1 Å². The summed E-state index contributed by atoms with van der Waals surface area (Å²) in [6.45, 7) is 5.15. The minimum absolute atomic E-state index is 0.0947. The Bertz CT molecular complexity index is 603. The lowest BCUT2D eigenvalue weighted by Crippen LogP contribution is -2.39. The molecule has 6 nitrogen and oxygen atoms in total. The average molecular weight is 312 g/mol. The summed E-state index contributed by atoms with van der Waals surface area (Å²) in [5, 5.41) is 5.19. The normalized spacial score (nSPS) is 19.9.